The number of carbonyl (C=O) groups is 1. The van der Waals surface area contributed by atoms with Crippen LogP contribution in [-0.2, 0) is 6.54 Å². The van der Waals surface area contributed by atoms with Crippen LogP contribution in [0.5, 0.6) is 5.75 Å². The normalized spacial score (nSPS) is 11.6. The Hall–Kier alpha value is -2.69. The van der Waals surface area contributed by atoms with Crippen LogP contribution in [0.15, 0.2) is 35.3 Å². The lowest BCUT2D eigenvalue weighted by Gasteiger charge is -2.05. The fourth-order valence-corrected chi connectivity index (χ4v) is 3.69. The number of aromatic nitrogens is 1. The van der Waals surface area contributed by atoms with Gasteiger partial charge in [0.15, 0.2) is 10.6 Å². The molecule has 4 nitrogen and oxygen atoms in total. The lowest BCUT2D eigenvalue weighted by Crippen LogP contribution is -2.17. The number of ether oxygens (including phenoxy) is 1. The highest BCUT2D eigenvalue weighted by atomic mass is 35.5. The van der Waals surface area contributed by atoms with Crippen LogP contribution in [0.25, 0.3) is 10.2 Å². The van der Waals surface area contributed by atoms with E-state index in [2.05, 4.69) is 10.9 Å². The van der Waals surface area contributed by atoms with Gasteiger partial charge < -0.3 is 9.30 Å². The quantitative estimate of drug-likeness (QED) is 0.632. The molecule has 0 aliphatic rings. The maximum absolute atomic E-state index is 14.2. The molecule has 1 amide bonds. The number of methoxy groups -OCH3 is 1. The molecule has 132 valence electrons. The molecule has 0 unspecified atom stereocenters. The van der Waals surface area contributed by atoms with E-state index in [1.165, 1.54) is 23.8 Å². The predicted molar refractivity (Wildman–Crippen MR) is 96.5 cm³/mol. The van der Waals surface area contributed by atoms with Crippen LogP contribution < -0.4 is 9.54 Å². The molecular weight excluding hydrogens is 382 g/mol. The third-order valence-corrected chi connectivity index (χ3v) is 4.79. The Kier molecular flexibility index (Phi) is 5.07. The molecule has 26 heavy (non-hydrogen) atoms. The SMILES string of the molecule is C#CCn1c(=NC(=O)c2cc(Cl)ccc2OC)sc2cc(F)cc(F)c21. The second kappa shape index (κ2) is 7.28. The number of terminal acetylenes is 1. The van der Waals surface area contributed by atoms with Crippen molar-refractivity contribution in [1.82, 2.24) is 4.57 Å². The van der Waals surface area contributed by atoms with Crippen molar-refractivity contribution in [3.63, 3.8) is 0 Å². The average molecular weight is 393 g/mol. The number of rotatable bonds is 3. The van der Waals surface area contributed by atoms with Crippen molar-refractivity contribution in [1.29, 1.82) is 0 Å². The lowest BCUT2D eigenvalue weighted by molar-refractivity contribution is 0.0995. The Morgan fingerprint density at radius 3 is 2.85 bits per heavy atom. The van der Waals surface area contributed by atoms with Crippen molar-refractivity contribution in [2.75, 3.05) is 7.11 Å². The first kappa shape index (κ1) is 18.1. The van der Waals surface area contributed by atoms with E-state index in [9.17, 15) is 13.6 Å². The molecule has 3 rings (SSSR count). The summed E-state index contributed by atoms with van der Waals surface area (Å²) in [4.78, 5) is 16.8. The third-order valence-electron chi connectivity index (χ3n) is 3.53. The van der Waals surface area contributed by atoms with E-state index < -0.39 is 17.5 Å². The van der Waals surface area contributed by atoms with Gasteiger partial charge in [0.05, 0.1) is 29.4 Å². The Balaban J connectivity index is 2.23. The minimum Gasteiger partial charge on any atom is -0.496 e. The number of fused-ring (bicyclic) bond motifs is 1. The molecule has 0 aliphatic heterocycles. The van der Waals surface area contributed by atoms with E-state index >= 15 is 0 Å². The van der Waals surface area contributed by atoms with Gasteiger partial charge >= 0.3 is 0 Å². The summed E-state index contributed by atoms with van der Waals surface area (Å²) in [6, 6.07) is 6.46. The summed E-state index contributed by atoms with van der Waals surface area (Å²) in [5, 5.41) is 0.338. The zero-order chi connectivity index (χ0) is 18.8. The molecular formula is C18H11ClF2N2O2S. The van der Waals surface area contributed by atoms with Crippen molar-refractivity contribution in [3.05, 3.63) is 57.4 Å². The van der Waals surface area contributed by atoms with Crippen molar-refractivity contribution >= 4 is 39.1 Å². The summed E-state index contributed by atoms with van der Waals surface area (Å²) >= 11 is 6.89. The second-order valence-corrected chi connectivity index (χ2v) is 6.62. The molecule has 0 radical (unpaired) electrons. The summed E-state index contributed by atoms with van der Waals surface area (Å²) in [7, 11) is 1.41. The maximum Gasteiger partial charge on any atom is 0.283 e. The number of amides is 1. The molecule has 0 fully saturated rings. The Morgan fingerprint density at radius 2 is 2.15 bits per heavy atom. The van der Waals surface area contributed by atoms with E-state index in [0.29, 0.717) is 15.5 Å². The van der Waals surface area contributed by atoms with E-state index in [0.717, 1.165) is 17.4 Å². The van der Waals surface area contributed by atoms with Gasteiger partial charge in [0.25, 0.3) is 5.91 Å². The number of hydrogen-bond acceptors (Lipinski definition) is 3. The highest BCUT2D eigenvalue weighted by Crippen LogP contribution is 2.25. The highest BCUT2D eigenvalue weighted by Gasteiger charge is 2.16. The zero-order valence-electron chi connectivity index (χ0n) is 13.4. The summed E-state index contributed by atoms with van der Waals surface area (Å²) in [5.74, 6) is 0.540. The monoisotopic (exact) mass is 392 g/mol. The molecule has 3 aromatic rings. The van der Waals surface area contributed by atoms with Gasteiger partial charge in [-0.25, -0.2) is 8.78 Å². The fraction of sp³-hybridized carbons (Fsp3) is 0.111. The van der Waals surface area contributed by atoms with Gasteiger partial charge in [-0.2, -0.15) is 4.99 Å². The number of hydrogen-bond donors (Lipinski definition) is 0. The first-order valence-electron chi connectivity index (χ1n) is 7.29. The van der Waals surface area contributed by atoms with Gasteiger partial charge in [-0.3, -0.25) is 4.79 Å². The molecule has 0 N–H and O–H groups in total. The van der Waals surface area contributed by atoms with Crippen LogP contribution in [0.4, 0.5) is 8.78 Å². The molecule has 0 aliphatic carbocycles. The van der Waals surface area contributed by atoms with Gasteiger partial charge in [0.1, 0.15) is 11.6 Å². The molecule has 0 atom stereocenters. The smallest absolute Gasteiger partial charge is 0.283 e. The molecule has 8 heteroatoms. The van der Waals surface area contributed by atoms with Crippen molar-refractivity contribution < 1.29 is 18.3 Å². The van der Waals surface area contributed by atoms with Crippen LogP contribution >= 0.6 is 22.9 Å². The Morgan fingerprint density at radius 1 is 1.38 bits per heavy atom. The molecule has 0 bridgehead atoms. The van der Waals surface area contributed by atoms with Crippen molar-refractivity contribution in [2.45, 2.75) is 6.54 Å². The van der Waals surface area contributed by atoms with Crippen molar-refractivity contribution in [2.24, 2.45) is 4.99 Å². The van der Waals surface area contributed by atoms with Gasteiger partial charge in [0.2, 0.25) is 0 Å². The van der Waals surface area contributed by atoms with E-state index in [4.69, 9.17) is 22.8 Å². The largest absolute Gasteiger partial charge is 0.496 e. The van der Waals surface area contributed by atoms with Gasteiger partial charge in [-0.1, -0.05) is 28.9 Å². The van der Waals surface area contributed by atoms with E-state index in [1.54, 1.807) is 12.1 Å². The molecule has 2 aromatic carbocycles. The van der Waals surface area contributed by atoms with Gasteiger partial charge in [0, 0.05) is 11.1 Å². The third kappa shape index (κ3) is 3.34. The van der Waals surface area contributed by atoms with E-state index in [1.807, 2.05) is 0 Å². The number of benzene rings is 2. The minimum absolute atomic E-state index is 0.0264. The van der Waals surface area contributed by atoms with Crippen LogP contribution in [0.2, 0.25) is 5.02 Å². The van der Waals surface area contributed by atoms with Crippen LogP contribution in [-0.4, -0.2) is 17.6 Å². The molecule has 0 saturated heterocycles. The Bertz CT molecular complexity index is 1130. The number of carbonyl (C=O) groups excluding carboxylic acids is 1. The fourth-order valence-electron chi connectivity index (χ4n) is 2.45. The number of nitrogens with zero attached hydrogens (tertiary/aromatic N) is 2. The Labute approximate surface area is 156 Å². The summed E-state index contributed by atoms with van der Waals surface area (Å²) in [6.45, 7) is -0.0264. The number of thiazole rings is 1. The summed E-state index contributed by atoms with van der Waals surface area (Å²) in [5.41, 5.74) is 0.246. The van der Waals surface area contributed by atoms with Gasteiger partial charge in [-0.15, -0.1) is 6.42 Å². The molecule has 0 saturated carbocycles. The van der Waals surface area contributed by atoms with Crippen LogP contribution in [0, 0.1) is 24.0 Å². The maximum atomic E-state index is 14.2. The first-order chi connectivity index (χ1) is 12.4. The van der Waals surface area contributed by atoms with Crippen molar-refractivity contribution in [3.8, 4) is 18.1 Å². The molecule has 0 spiro atoms. The zero-order valence-corrected chi connectivity index (χ0v) is 15.0. The molecule has 1 aromatic heterocycles. The number of halogens is 3. The highest BCUT2D eigenvalue weighted by molar-refractivity contribution is 7.16. The standard InChI is InChI=1S/C18H11ClF2N2O2S/c1-3-6-23-16-13(21)8-11(20)9-15(16)26-18(23)22-17(24)12-7-10(19)4-5-14(12)25-2/h1,4-5,7-9H,6H2,2H3. The molecule has 1 heterocycles. The topological polar surface area (TPSA) is 43.6 Å². The van der Waals surface area contributed by atoms with E-state index in [-0.39, 0.29) is 22.4 Å². The summed E-state index contributed by atoms with van der Waals surface area (Å²) < 4.78 is 34.5. The lowest BCUT2D eigenvalue weighted by atomic mass is 10.2. The predicted octanol–water partition coefficient (Wildman–Crippen LogP) is 4.02. The minimum atomic E-state index is -0.777. The summed E-state index contributed by atoms with van der Waals surface area (Å²) in [6.07, 6.45) is 5.34. The second-order valence-electron chi connectivity index (χ2n) is 5.17. The van der Waals surface area contributed by atoms with Crippen LogP contribution in [0.3, 0.4) is 0 Å². The first-order valence-corrected chi connectivity index (χ1v) is 8.48. The van der Waals surface area contributed by atoms with Gasteiger partial charge in [-0.05, 0) is 24.3 Å². The van der Waals surface area contributed by atoms with Crippen LogP contribution in [0.1, 0.15) is 10.4 Å². The average Bonchev–Trinajstić information content (AvgIpc) is 2.92.